The molecular formula is C9H17NO. The minimum Gasteiger partial charge on any atom is -0.389 e. The molecule has 2 aliphatic carbocycles. The maximum atomic E-state index is 9.79. The molecule has 0 aromatic rings. The Morgan fingerprint density at radius 3 is 2.55 bits per heavy atom. The van der Waals surface area contributed by atoms with Gasteiger partial charge in [0.1, 0.15) is 0 Å². The van der Waals surface area contributed by atoms with Crippen molar-refractivity contribution in [1.82, 2.24) is 5.32 Å². The number of aliphatic hydroxyl groups is 1. The summed E-state index contributed by atoms with van der Waals surface area (Å²) in [5.41, 5.74) is -0.345. The van der Waals surface area contributed by atoms with Crippen LogP contribution in [0.4, 0.5) is 0 Å². The van der Waals surface area contributed by atoms with Crippen LogP contribution < -0.4 is 5.32 Å². The third-order valence-electron chi connectivity index (χ3n) is 2.75. The molecule has 2 saturated carbocycles. The molecule has 0 heterocycles. The minimum atomic E-state index is -0.345. The van der Waals surface area contributed by atoms with Crippen LogP contribution in [0, 0.1) is 5.92 Å². The van der Waals surface area contributed by atoms with Gasteiger partial charge >= 0.3 is 0 Å². The summed E-state index contributed by atoms with van der Waals surface area (Å²) in [4.78, 5) is 0. The van der Waals surface area contributed by atoms with Crippen LogP contribution in [-0.2, 0) is 0 Å². The van der Waals surface area contributed by atoms with Crippen molar-refractivity contribution in [3.63, 3.8) is 0 Å². The third-order valence-corrected chi connectivity index (χ3v) is 2.75. The molecule has 2 N–H and O–H groups in total. The summed E-state index contributed by atoms with van der Waals surface area (Å²) in [5.74, 6) is 0.737. The first-order valence-corrected chi connectivity index (χ1v) is 4.64. The molecule has 0 atom stereocenters. The molecule has 0 bridgehead atoms. The van der Waals surface area contributed by atoms with Gasteiger partial charge in [-0.3, -0.25) is 0 Å². The van der Waals surface area contributed by atoms with Crippen LogP contribution >= 0.6 is 0 Å². The average molecular weight is 155 g/mol. The second-order valence-electron chi connectivity index (χ2n) is 4.39. The second kappa shape index (κ2) is 2.46. The zero-order valence-corrected chi connectivity index (χ0v) is 7.14. The van der Waals surface area contributed by atoms with Crippen molar-refractivity contribution in [2.24, 2.45) is 5.92 Å². The molecule has 0 amide bonds. The number of hydrogen-bond acceptors (Lipinski definition) is 2. The molecule has 0 aromatic carbocycles. The van der Waals surface area contributed by atoms with Gasteiger partial charge in [-0.25, -0.2) is 0 Å². The number of hydrogen-bond donors (Lipinski definition) is 2. The van der Waals surface area contributed by atoms with Crippen molar-refractivity contribution in [3.05, 3.63) is 0 Å². The normalized spacial score (nSPS) is 43.6. The van der Waals surface area contributed by atoms with Crippen LogP contribution in [0.25, 0.3) is 0 Å². The van der Waals surface area contributed by atoms with Crippen molar-refractivity contribution in [3.8, 4) is 0 Å². The van der Waals surface area contributed by atoms with E-state index in [1.54, 1.807) is 0 Å². The van der Waals surface area contributed by atoms with Gasteiger partial charge in [0, 0.05) is 12.6 Å². The van der Waals surface area contributed by atoms with Gasteiger partial charge in [-0.1, -0.05) is 6.92 Å². The molecule has 2 fully saturated rings. The first-order valence-electron chi connectivity index (χ1n) is 4.64. The summed E-state index contributed by atoms with van der Waals surface area (Å²) < 4.78 is 0. The van der Waals surface area contributed by atoms with Gasteiger partial charge < -0.3 is 10.4 Å². The van der Waals surface area contributed by atoms with E-state index in [0.29, 0.717) is 0 Å². The Labute approximate surface area is 68.0 Å². The summed E-state index contributed by atoms with van der Waals surface area (Å²) in [6, 6.07) is 0.731. The van der Waals surface area contributed by atoms with E-state index in [-0.39, 0.29) is 5.60 Å². The van der Waals surface area contributed by atoms with Crippen LogP contribution in [0.2, 0.25) is 0 Å². The van der Waals surface area contributed by atoms with Gasteiger partial charge in [-0.15, -0.1) is 0 Å². The lowest BCUT2D eigenvalue weighted by Gasteiger charge is -2.42. The van der Waals surface area contributed by atoms with E-state index in [1.807, 2.05) is 0 Å². The van der Waals surface area contributed by atoms with Gasteiger partial charge in [0.05, 0.1) is 5.60 Å². The zero-order valence-electron chi connectivity index (χ0n) is 7.14. The van der Waals surface area contributed by atoms with E-state index >= 15 is 0 Å². The first-order chi connectivity index (χ1) is 5.18. The molecule has 2 heteroatoms. The van der Waals surface area contributed by atoms with E-state index < -0.39 is 0 Å². The lowest BCUT2D eigenvalue weighted by atomic mass is 9.72. The van der Waals surface area contributed by atoms with Gasteiger partial charge in [-0.05, 0) is 31.6 Å². The monoisotopic (exact) mass is 155 g/mol. The standard InChI is InChI=1S/C9H17NO/c1-7-4-9(11,5-7)6-10-8-2-3-8/h7-8,10-11H,2-6H2,1H3. The highest BCUT2D eigenvalue weighted by atomic mass is 16.3. The molecule has 0 radical (unpaired) electrons. The quantitative estimate of drug-likeness (QED) is 0.634. The molecule has 0 aliphatic heterocycles. The predicted molar refractivity (Wildman–Crippen MR) is 44.4 cm³/mol. The third kappa shape index (κ3) is 1.74. The van der Waals surface area contributed by atoms with Crippen molar-refractivity contribution in [2.75, 3.05) is 6.54 Å². The molecule has 0 aromatic heterocycles. The molecule has 0 saturated heterocycles. The molecule has 2 aliphatic rings. The maximum Gasteiger partial charge on any atom is 0.0776 e. The molecule has 0 unspecified atom stereocenters. The SMILES string of the molecule is CC1CC(O)(CNC2CC2)C1. The fraction of sp³-hybridized carbons (Fsp3) is 1.00. The van der Waals surface area contributed by atoms with Crippen molar-refractivity contribution in [1.29, 1.82) is 0 Å². The molecular weight excluding hydrogens is 138 g/mol. The Kier molecular flexibility index (Phi) is 1.69. The average Bonchev–Trinajstić information content (AvgIpc) is 2.62. The lowest BCUT2D eigenvalue weighted by Crippen LogP contribution is -2.50. The maximum absolute atomic E-state index is 9.79. The Morgan fingerprint density at radius 1 is 1.45 bits per heavy atom. The molecule has 64 valence electrons. The minimum absolute atomic E-state index is 0.345. The summed E-state index contributed by atoms with van der Waals surface area (Å²) >= 11 is 0. The number of nitrogens with one attached hydrogen (secondary N) is 1. The summed E-state index contributed by atoms with van der Waals surface area (Å²) in [6.07, 6.45) is 4.61. The topological polar surface area (TPSA) is 32.3 Å². The highest BCUT2D eigenvalue weighted by molar-refractivity contribution is 4.96. The Morgan fingerprint density at radius 2 is 2.09 bits per heavy atom. The van der Waals surface area contributed by atoms with Gasteiger partial charge in [0.2, 0.25) is 0 Å². The largest absolute Gasteiger partial charge is 0.389 e. The summed E-state index contributed by atoms with van der Waals surface area (Å²) in [7, 11) is 0. The summed E-state index contributed by atoms with van der Waals surface area (Å²) in [5, 5.41) is 13.2. The van der Waals surface area contributed by atoms with Crippen molar-refractivity contribution < 1.29 is 5.11 Å². The molecule has 2 nitrogen and oxygen atoms in total. The summed E-state index contributed by atoms with van der Waals surface area (Å²) in [6.45, 7) is 3.02. The number of rotatable bonds is 3. The van der Waals surface area contributed by atoms with E-state index in [9.17, 15) is 5.11 Å². The lowest BCUT2D eigenvalue weighted by molar-refractivity contribution is -0.0653. The first kappa shape index (κ1) is 7.56. The molecule has 2 rings (SSSR count). The van der Waals surface area contributed by atoms with Gasteiger partial charge in [0.25, 0.3) is 0 Å². The predicted octanol–water partition coefficient (Wildman–Crippen LogP) is 0.899. The van der Waals surface area contributed by atoms with E-state index in [0.717, 1.165) is 31.3 Å². The van der Waals surface area contributed by atoms with E-state index in [4.69, 9.17) is 0 Å². The highest BCUT2D eigenvalue weighted by Crippen LogP contribution is 2.37. The van der Waals surface area contributed by atoms with E-state index in [2.05, 4.69) is 12.2 Å². The van der Waals surface area contributed by atoms with Crippen LogP contribution in [0.3, 0.4) is 0 Å². The fourth-order valence-electron chi connectivity index (χ4n) is 2.00. The Bertz CT molecular complexity index is 148. The van der Waals surface area contributed by atoms with Crippen molar-refractivity contribution >= 4 is 0 Å². The van der Waals surface area contributed by atoms with Crippen LogP contribution in [-0.4, -0.2) is 23.3 Å². The van der Waals surface area contributed by atoms with E-state index in [1.165, 1.54) is 12.8 Å². The molecule has 11 heavy (non-hydrogen) atoms. The Balaban J connectivity index is 1.68. The smallest absolute Gasteiger partial charge is 0.0776 e. The van der Waals surface area contributed by atoms with Gasteiger partial charge in [-0.2, -0.15) is 0 Å². The second-order valence-corrected chi connectivity index (χ2v) is 4.39. The Hall–Kier alpha value is -0.0800. The zero-order chi connectivity index (χ0) is 7.90. The fourth-order valence-corrected chi connectivity index (χ4v) is 2.00. The highest BCUT2D eigenvalue weighted by Gasteiger charge is 2.40. The van der Waals surface area contributed by atoms with Crippen LogP contribution in [0.15, 0.2) is 0 Å². The van der Waals surface area contributed by atoms with Gasteiger partial charge in [0.15, 0.2) is 0 Å². The van der Waals surface area contributed by atoms with Crippen LogP contribution in [0.1, 0.15) is 32.6 Å². The molecule has 0 spiro atoms. The van der Waals surface area contributed by atoms with Crippen molar-refractivity contribution in [2.45, 2.75) is 44.2 Å². The van der Waals surface area contributed by atoms with Crippen LogP contribution in [0.5, 0.6) is 0 Å².